The lowest BCUT2D eigenvalue weighted by molar-refractivity contribution is -0.384. The van der Waals surface area contributed by atoms with E-state index in [1.807, 2.05) is 13.8 Å². The molecule has 7 nitrogen and oxygen atoms in total. The number of rotatable bonds is 6. The summed E-state index contributed by atoms with van der Waals surface area (Å²) >= 11 is 0. The van der Waals surface area contributed by atoms with Gasteiger partial charge in [-0.25, -0.2) is 0 Å². The van der Waals surface area contributed by atoms with Gasteiger partial charge in [0.1, 0.15) is 5.69 Å². The quantitative estimate of drug-likeness (QED) is 0.540. The fourth-order valence-corrected chi connectivity index (χ4v) is 1.61. The maximum atomic E-state index is 11.7. The summed E-state index contributed by atoms with van der Waals surface area (Å²) in [5, 5.41) is 16.8. The van der Waals surface area contributed by atoms with E-state index in [1.54, 1.807) is 13.0 Å². The van der Waals surface area contributed by atoms with Crippen molar-refractivity contribution < 1.29 is 9.72 Å². The fourth-order valence-electron chi connectivity index (χ4n) is 1.61. The van der Waals surface area contributed by atoms with Crippen molar-refractivity contribution >= 4 is 17.3 Å². The van der Waals surface area contributed by atoms with Gasteiger partial charge in [-0.1, -0.05) is 0 Å². The number of carbonyl (C=O) groups excluding carboxylic acids is 1. The van der Waals surface area contributed by atoms with Crippen LogP contribution < -0.4 is 16.4 Å². The van der Waals surface area contributed by atoms with Crippen LogP contribution in [0.15, 0.2) is 18.2 Å². The number of nitro benzene ring substituents is 1. The molecule has 0 spiro atoms. The lowest BCUT2D eigenvalue weighted by Crippen LogP contribution is -2.39. The number of hydrogen-bond donors (Lipinski definition) is 3. The highest BCUT2D eigenvalue weighted by Crippen LogP contribution is 2.28. The average Bonchev–Trinajstić information content (AvgIpc) is 2.38. The lowest BCUT2D eigenvalue weighted by Gasteiger charge is -2.25. The minimum Gasteiger partial charge on any atom is -0.373 e. The van der Waals surface area contributed by atoms with Crippen molar-refractivity contribution in [2.45, 2.75) is 26.3 Å². The van der Waals surface area contributed by atoms with E-state index in [9.17, 15) is 14.9 Å². The van der Waals surface area contributed by atoms with Crippen molar-refractivity contribution in [3.05, 3.63) is 33.9 Å². The summed E-state index contributed by atoms with van der Waals surface area (Å²) in [6.45, 7) is 6.25. The molecule has 1 amide bonds. The number of hydrogen-bond acceptors (Lipinski definition) is 5. The third-order valence-electron chi connectivity index (χ3n) is 2.78. The maximum Gasteiger partial charge on any atom is 0.293 e. The first-order valence-corrected chi connectivity index (χ1v) is 6.35. The van der Waals surface area contributed by atoms with Crippen molar-refractivity contribution in [1.29, 1.82) is 0 Å². The molecule has 1 aromatic rings. The lowest BCUT2D eigenvalue weighted by atomic mass is 10.0. The van der Waals surface area contributed by atoms with E-state index < -0.39 is 10.5 Å². The molecule has 0 saturated carbocycles. The predicted octanol–water partition coefficient (Wildman–Crippen LogP) is 1.49. The van der Waals surface area contributed by atoms with E-state index in [0.29, 0.717) is 18.8 Å². The van der Waals surface area contributed by atoms with E-state index in [4.69, 9.17) is 5.73 Å². The Balaban J connectivity index is 3.15. The van der Waals surface area contributed by atoms with E-state index in [0.717, 1.165) is 0 Å². The molecule has 0 aliphatic heterocycles. The largest absolute Gasteiger partial charge is 0.373 e. The molecule has 0 heterocycles. The zero-order valence-electron chi connectivity index (χ0n) is 11.9. The van der Waals surface area contributed by atoms with Gasteiger partial charge in [0.05, 0.1) is 4.92 Å². The van der Waals surface area contributed by atoms with Crippen LogP contribution in [0.25, 0.3) is 0 Å². The highest BCUT2D eigenvalue weighted by Gasteiger charge is 2.22. The SMILES string of the molecule is CCNC(=O)c1ccc(NC(C)(C)CN)c([N+](=O)[O-])c1. The molecule has 0 atom stereocenters. The Morgan fingerprint density at radius 3 is 2.60 bits per heavy atom. The molecular formula is C13H20N4O3. The van der Waals surface area contributed by atoms with Gasteiger partial charge in [-0.2, -0.15) is 0 Å². The van der Waals surface area contributed by atoms with E-state index in [-0.39, 0.29) is 17.2 Å². The number of nitro groups is 1. The van der Waals surface area contributed by atoms with Gasteiger partial charge in [-0.15, -0.1) is 0 Å². The maximum absolute atomic E-state index is 11.7. The van der Waals surface area contributed by atoms with Crippen molar-refractivity contribution in [3.63, 3.8) is 0 Å². The molecule has 0 unspecified atom stereocenters. The minimum absolute atomic E-state index is 0.143. The second kappa shape index (κ2) is 6.33. The minimum atomic E-state index is -0.516. The molecule has 0 fully saturated rings. The molecule has 0 saturated heterocycles. The summed E-state index contributed by atoms with van der Waals surface area (Å²) in [7, 11) is 0. The molecule has 0 aliphatic carbocycles. The monoisotopic (exact) mass is 280 g/mol. The smallest absolute Gasteiger partial charge is 0.293 e. The number of nitrogens with zero attached hydrogens (tertiary/aromatic N) is 1. The van der Waals surface area contributed by atoms with Crippen molar-refractivity contribution in [2.24, 2.45) is 5.73 Å². The van der Waals surface area contributed by atoms with Crippen molar-refractivity contribution in [3.8, 4) is 0 Å². The topological polar surface area (TPSA) is 110 Å². The van der Waals surface area contributed by atoms with Crippen LogP contribution in [-0.4, -0.2) is 29.5 Å². The first-order chi connectivity index (χ1) is 9.30. The van der Waals surface area contributed by atoms with Crippen LogP contribution >= 0.6 is 0 Å². The van der Waals surface area contributed by atoms with E-state index in [1.165, 1.54) is 12.1 Å². The number of nitrogens with two attached hydrogens (primary N) is 1. The number of carbonyl (C=O) groups is 1. The van der Waals surface area contributed by atoms with Crippen molar-refractivity contribution in [2.75, 3.05) is 18.4 Å². The van der Waals surface area contributed by atoms with Crippen LogP contribution in [0, 0.1) is 10.1 Å². The summed E-state index contributed by atoms with van der Waals surface area (Å²) in [5.41, 5.74) is 5.59. The van der Waals surface area contributed by atoms with Gasteiger partial charge >= 0.3 is 0 Å². The van der Waals surface area contributed by atoms with Gasteiger partial charge in [0.25, 0.3) is 11.6 Å². The molecule has 0 aliphatic rings. The molecule has 0 radical (unpaired) electrons. The highest BCUT2D eigenvalue weighted by atomic mass is 16.6. The highest BCUT2D eigenvalue weighted by molar-refractivity contribution is 5.95. The van der Waals surface area contributed by atoms with Crippen LogP contribution in [-0.2, 0) is 0 Å². The molecule has 0 aromatic heterocycles. The second-order valence-corrected chi connectivity index (χ2v) is 5.06. The molecule has 20 heavy (non-hydrogen) atoms. The third-order valence-corrected chi connectivity index (χ3v) is 2.78. The summed E-state index contributed by atoms with van der Waals surface area (Å²) < 4.78 is 0. The Bertz CT molecular complexity index is 514. The van der Waals surface area contributed by atoms with Crippen LogP contribution in [0.2, 0.25) is 0 Å². The van der Waals surface area contributed by atoms with Gasteiger partial charge in [0.15, 0.2) is 0 Å². The fraction of sp³-hybridized carbons (Fsp3) is 0.462. The summed E-state index contributed by atoms with van der Waals surface area (Å²) in [6.07, 6.45) is 0. The van der Waals surface area contributed by atoms with E-state index in [2.05, 4.69) is 10.6 Å². The molecule has 7 heteroatoms. The second-order valence-electron chi connectivity index (χ2n) is 5.06. The van der Waals surface area contributed by atoms with Crippen LogP contribution in [0.3, 0.4) is 0 Å². The molecular weight excluding hydrogens is 260 g/mol. The van der Waals surface area contributed by atoms with E-state index >= 15 is 0 Å². The third kappa shape index (κ3) is 3.92. The first-order valence-electron chi connectivity index (χ1n) is 6.35. The van der Waals surface area contributed by atoms with Crippen molar-refractivity contribution in [1.82, 2.24) is 5.32 Å². The molecule has 110 valence electrons. The normalized spacial score (nSPS) is 11.0. The number of anilines is 1. The number of benzene rings is 1. The zero-order valence-corrected chi connectivity index (χ0v) is 11.9. The Morgan fingerprint density at radius 1 is 1.45 bits per heavy atom. The summed E-state index contributed by atoms with van der Waals surface area (Å²) in [4.78, 5) is 22.3. The van der Waals surface area contributed by atoms with Gasteiger partial charge in [-0.05, 0) is 32.9 Å². The standard InChI is InChI=1S/C13H20N4O3/c1-4-15-12(18)9-5-6-10(11(7-9)17(19)20)16-13(2,3)8-14/h5-7,16H,4,8,14H2,1-3H3,(H,15,18). The first kappa shape index (κ1) is 15.9. The Hall–Kier alpha value is -2.15. The van der Waals surface area contributed by atoms with Gasteiger partial charge in [0.2, 0.25) is 0 Å². The number of nitrogens with one attached hydrogen (secondary N) is 2. The van der Waals surface area contributed by atoms with Gasteiger partial charge < -0.3 is 16.4 Å². The summed E-state index contributed by atoms with van der Waals surface area (Å²) in [6, 6.07) is 4.34. The predicted molar refractivity (Wildman–Crippen MR) is 77.9 cm³/mol. The zero-order chi connectivity index (χ0) is 15.3. The molecule has 4 N–H and O–H groups in total. The Morgan fingerprint density at radius 2 is 2.10 bits per heavy atom. The number of amides is 1. The Kier molecular flexibility index (Phi) is 5.04. The van der Waals surface area contributed by atoms with Gasteiger partial charge in [-0.3, -0.25) is 14.9 Å². The van der Waals surface area contributed by atoms with Crippen LogP contribution in [0.5, 0.6) is 0 Å². The molecule has 0 bridgehead atoms. The average molecular weight is 280 g/mol. The molecule has 1 aromatic carbocycles. The van der Waals surface area contributed by atoms with Crippen LogP contribution in [0.1, 0.15) is 31.1 Å². The van der Waals surface area contributed by atoms with Crippen LogP contribution in [0.4, 0.5) is 11.4 Å². The summed E-state index contributed by atoms with van der Waals surface area (Å²) in [5.74, 6) is -0.333. The molecule has 1 rings (SSSR count). The Labute approximate surface area is 117 Å². The van der Waals surface area contributed by atoms with Gasteiger partial charge in [0, 0.05) is 30.3 Å².